The molecule has 25 heavy (non-hydrogen) atoms. The van der Waals surface area contributed by atoms with Crippen LogP contribution in [0.3, 0.4) is 0 Å². The highest BCUT2D eigenvalue weighted by atomic mass is 16.1. The maximum Gasteiger partial charge on any atom is 0.262 e. The second-order valence-electron chi connectivity index (χ2n) is 5.53. The van der Waals surface area contributed by atoms with Crippen molar-refractivity contribution in [2.24, 2.45) is 0 Å². The van der Waals surface area contributed by atoms with Crippen LogP contribution in [0.1, 0.15) is 5.56 Å². The van der Waals surface area contributed by atoms with Crippen LogP contribution in [0.15, 0.2) is 71.8 Å². The highest BCUT2D eigenvalue weighted by molar-refractivity contribution is 5.90. The summed E-state index contributed by atoms with van der Waals surface area (Å²) in [7, 11) is 0. The zero-order valence-corrected chi connectivity index (χ0v) is 13.3. The Morgan fingerprint density at radius 1 is 0.920 bits per heavy atom. The van der Waals surface area contributed by atoms with Crippen LogP contribution >= 0.6 is 0 Å². The highest BCUT2D eigenvalue weighted by Crippen LogP contribution is 2.22. The van der Waals surface area contributed by atoms with Crippen molar-refractivity contribution in [3.8, 4) is 11.3 Å². The summed E-state index contributed by atoms with van der Waals surface area (Å²) in [5, 5.41) is 3.57. The van der Waals surface area contributed by atoms with E-state index in [1.165, 1.54) is 0 Å². The van der Waals surface area contributed by atoms with Crippen molar-refractivity contribution in [3.63, 3.8) is 0 Å². The van der Waals surface area contributed by atoms with E-state index in [1.54, 1.807) is 18.5 Å². The fourth-order valence-electron chi connectivity index (χ4n) is 2.66. The number of aromatic amines is 1. The zero-order chi connectivity index (χ0) is 17.1. The summed E-state index contributed by atoms with van der Waals surface area (Å²) in [5.41, 5.74) is 2.68. The monoisotopic (exact) mass is 329 g/mol. The molecule has 3 aromatic heterocycles. The van der Waals surface area contributed by atoms with Gasteiger partial charge in [-0.25, -0.2) is 4.98 Å². The van der Waals surface area contributed by atoms with Crippen molar-refractivity contribution < 1.29 is 0 Å². The summed E-state index contributed by atoms with van der Waals surface area (Å²) in [5.74, 6) is 0.395. The second-order valence-corrected chi connectivity index (χ2v) is 5.53. The van der Waals surface area contributed by atoms with Crippen molar-refractivity contribution >= 4 is 17.0 Å². The van der Waals surface area contributed by atoms with Gasteiger partial charge in [-0.15, -0.1) is 0 Å². The van der Waals surface area contributed by atoms with Crippen LogP contribution in [0.5, 0.6) is 0 Å². The van der Waals surface area contributed by atoms with E-state index in [0.29, 0.717) is 34.8 Å². The topological polar surface area (TPSA) is 83.6 Å². The Morgan fingerprint density at radius 3 is 2.56 bits per heavy atom. The molecule has 0 amide bonds. The van der Waals surface area contributed by atoms with Crippen molar-refractivity contribution in [3.05, 3.63) is 82.9 Å². The number of pyridine rings is 2. The molecule has 122 valence electrons. The first-order chi connectivity index (χ1) is 12.3. The van der Waals surface area contributed by atoms with Crippen LogP contribution in [0.25, 0.3) is 22.3 Å². The summed E-state index contributed by atoms with van der Waals surface area (Å²) in [4.78, 5) is 28.4. The molecule has 3 heterocycles. The first-order valence-electron chi connectivity index (χ1n) is 7.89. The lowest BCUT2D eigenvalue weighted by Crippen LogP contribution is -2.14. The van der Waals surface area contributed by atoms with Crippen molar-refractivity contribution in [2.45, 2.75) is 6.54 Å². The van der Waals surface area contributed by atoms with E-state index in [4.69, 9.17) is 0 Å². The smallest absolute Gasteiger partial charge is 0.262 e. The van der Waals surface area contributed by atoms with Crippen LogP contribution in [0.2, 0.25) is 0 Å². The number of hydrogen-bond acceptors (Lipinski definition) is 5. The molecular weight excluding hydrogens is 314 g/mol. The van der Waals surface area contributed by atoms with Gasteiger partial charge in [0.2, 0.25) is 5.95 Å². The molecule has 0 bridgehead atoms. The molecule has 0 spiro atoms. The molecule has 0 unspecified atom stereocenters. The first kappa shape index (κ1) is 15.0. The molecule has 0 fully saturated rings. The third-order valence-corrected chi connectivity index (χ3v) is 3.85. The Labute approximate surface area is 143 Å². The van der Waals surface area contributed by atoms with Gasteiger partial charge in [-0.2, -0.15) is 4.98 Å². The van der Waals surface area contributed by atoms with E-state index in [1.807, 2.05) is 48.5 Å². The fraction of sp³-hybridized carbons (Fsp3) is 0.0526. The van der Waals surface area contributed by atoms with Gasteiger partial charge < -0.3 is 5.32 Å². The number of nitrogens with one attached hydrogen (secondary N) is 2. The maximum absolute atomic E-state index is 12.6. The van der Waals surface area contributed by atoms with Gasteiger partial charge in [0.05, 0.1) is 11.1 Å². The van der Waals surface area contributed by atoms with Gasteiger partial charge in [-0.3, -0.25) is 14.8 Å². The fourth-order valence-corrected chi connectivity index (χ4v) is 2.66. The molecule has 4 rings (SSSR count). The predicted molar refractivity (Wildman–Crippen MR) is 97.2 cm³/mol. The first-order valence-corrected chi connectivity index (χ1v) is 7.89. The van der Waals surface area contributed by atoms with Crippen molar-refractivity contribution in [1.29, 1.82) is 0 Å². The average molecular weight is 329 g/mol. The van der Waals surface area contributed by atoms with Gasteiger partial charge in [0.25, 0.3) is 5.56 Å². The van der Waals surface area contributed by atoms with E-state index in [0.717, 1.165) is 5.56 Å². The predicted octanol–water partition coefficient (Wildman–Crippen LogP) is 2.99. The summed E-state index contributed by atoms with van der Waals surface area (Å²) in [6, 6.07) is 17.2. The van der Waals surface area contributed by atoms with E-state index in [2.05, 4.69) is 25.3 Å². The maximum atomic E-state index is 12.6. The largest absolute Gasteiger partial charge is 0.352 e. The molecule has 4 aromatic rings. The normalized spacial score (nSPS) is 10.7. The second kappa shape index (κ2) is 6.52. The number of fused-ring (bicyclic) bond motifs is 1. The molecule has 0 radical (unpaired) electrons. The number of nitrogens with zero attached hydrogens (tertiary/aromatic N) is 3. The third-order valence-electron chi connectivity index (χ3n) is 3.85. The Morgan fingerprint density at radius 2 is 1.76 bits per heavy atom. The average Bonchev–Trinajstić information content (AvgIpc) is 2.67. The molecule has 0 aliphatic rings. The molecule has 0 aliphatic heterocycles. The highest BCUT2D eigenvalue weighted by Gasteiger charge is 2.11. The van der Waals surface area contributed by atoms with E-state index in [9.17, 15) is 4.79 Å². The molecule has 2 N–H and O–H groups in total. The van der Waals surface area contributed by atoms with Gasteiger partial charge >= 0.3 is 0 Å². The number of benzene rings is 1. The lowest BCUT2D eigenvalue weighted by Gasteiger charge is -2.08. The summed E-state index contributed by atoms with van der Waals surface area (Å²) in [6.07, 6.45) is 3.33. The van der Waals surface area contributed by atoms with Gasteiger partial charge in [0, 0.05) is 24.5 Å². The Balaban J connectivity index is 1.72. The summed E-state index contributed by atoms with van der Waals surface area (Å²) < 4.78 is 0. The van der Waals surface area contributed by atoms with Gasteiger partial charge in [-0.05, 0) is 23.8 Å². The SMILES string of the molecule is O=c1[nH]c(NCc2ccccc2)nc2nccc(-c3ccccn3)c12. The van der Waals surface area contributed by atoms with Gasteiger partial charge in [0.15, 0.2) is 5.65 Å². The van der Waals surface area contributed by atoms with E-state index >= 15 is 0 Å². The molecule has 0 atom stereocenters. The number of aromatic nitrogens is 4. The van der Waals surface area contributed by atoms with Crippen LogP contribution in [0, 0.1) is 0 Å². The molecule has 0 aliphatic carbocycles. The lowest BCUT2D eigenvalue weighted by molar-refractivity contribution is 1.05. The minimum atomic E-state index is -0.241. The summed E-state index contributed by atoms with van der Waals surface area (Å²) >= 11 is 0. The quantitative estimate of drug-likeness (QED) is 0.601. The molecule has 0 saturated heterocycles. The standard InChI is InChI=1S/C19H15N5O/c25-18-16-14(15-8-4-5-10-20-15)9-11-21-17(16)23-19(24-18)22-12-13-6-2-1-3-7-13/h1-11H,12H2,(H2,21,22,23,24,25). The van der Waals surface area contributed by atoms with E-state index < -0.39 is 0 Å². The molecular formula is C19H15N5O. The summed E-state index contributed by atoms with van der Waals surface area (Å²) in [6.45, 7) is 0.565. The van der Waals surface area contributed by atoms with E-state index in [-0.39, 0.29) is 5.56 Å². The Bertz CT molecular complexity index is 1060. The van der Waals surface area contributed by atoms with Crippen molar-refractivity contribution in [2.75, 3.05) is 5.32 Å². The minimum Gasteiger partial charge on any atom is -0.352 e. The molecule has 0 saturated carbocycles. The number of hydrogen-bond donors (Lipinski definition) is 2. The Kier molecular flexibility index (Phi) is 3.92. The van der Waals surface area contributed by atoms with Crippen LogP contribution < -0.4 is 10.9 Å². The van der Waals surface area contributed by atoms with Crippen LogP contribution in [-0.2, 0) is 6.54 Å². The lowest BCUT2D eigenvalue weighted by atomic mass is 10.1. The zero-order valence-electron chi connectivity index (χ0n) is 13.3. The molecule has 6 nitrogen and oxygen atoms in total. The van der Waals surface area contributed by atoms with Gasteiger partial charge in [0.1, 0.15) is 0 Å². The Hall–Kier alpha value is -3.54. The van der Waals surface area contributed by atoms with Crippen molar-refractivity contribution in [1.82, 2.24) is 19.9 Å². The number of H-pyrrole nitrogens is 1. The van der Waals surface area contributed by atoms with Crippen LogP contribution in [0.4, 0.5) is 5.95 Å². The minimum absolute atomic E-state index is 0.241. The molecule has 1 aromatic carbocycles. The number of rotatable bonds is 4. The third kappa shape index (κ3) is 3.10. The number of anilines is 1. The molecule has 6 heteroatoms. The van der Waals surface area contributed by atoms with Crippen LogP contribution in [-0.4, -0.2) is 19.9 Å². The van der Waals surface area contributed by atoms with Gasteiger partial charge in [-0.1, -0.05) is 36.4 Å².